The van der Waals surface area contributed by atoms with E-state index >= 15 is 0 Å². The van der Waals surface area contributed by atoms with E-state index in [1.165, 1.54) is 0 Å². The summed E-state index contributed by atoms with van der Waals surface area (Å²) in [6, 6.07) is 17.7. The number of amides is 1. The molecule has 1 amide bonds. The highest BCUT2D eigenvalue weighted by atomic mass is 35.5. The summed E-state index contributed by atoms with van der Waals surface area (Å²) in [4.78, 5) is 16.2. The average molecular weight is 388 g/mol. The minimum atomic E-state index is -0.269. The molecule has 0 bridgehead atoms. The third kappa shape index (κ3) is 5.12. The first-order chi connectivity index (χ1) is 12.6. The second kappa shape index (κ2) is 8.56. The Kier molecular flexibility index (Phi) is 5.94. The molecular weight excluding hydrogens is 373 g/mol. The second-order valence-electron chi connectivity index (χ2n) is 5.33. The van der Waals surface area contributed by atoms with Crippen molar-refractivity contribution >= 4 is 46.3 Å². The van der Waals surface area contributed by atoms with Crippen molar-refractivity contribution in [1.29, 1.82) is 0 Å². The van der Waals surface area contributed by atoms with Gasteiger partial charge in [0, 0.05) is 5.02 Å². The second-order valence-corrected chi connectivity index (χ2v) is 6.17. The largest absolute Gasteiger partial charge is 0.484 e. The van der Waals surface area contributed by atoms with Gasteiger partial charge in [-0.15, -0.1) is 0 Å². The van der Waals surface area contributed by atoms with Crippen LogP contribution in [0.2, 0.25) is 10.0 Å². The lowest BCUT2D eigenvalue weighted by Gasteiger charge is -2.10. The fraction of sp³-hybridized carbons (Fsp3) is 0.0526. The van der Waals surface area contributed by atoms with E-state index in [0.29, 0.717) is 33.0 Å². The Balaban J connectivity index is 1.55. The minimum Gasteiger partial charge on any atom is -0.484 e. The van der Waals surface area contributed by atoms with Crippen LogP contribution in [0.4, 0.5) is 17.2 Å². The van der Waals surface area contributed by atoms with Crippen LogP contribution in [0.25, 0.3) is 0 Å². The molecule has 0 saturated heterocycles. The van der Waals surface area contributed by atoms with Gasteiger partial charge in [-0.1, -0.05) is 41.4 Å². The first kappa shape index (κ1) is 18.0. The molecule has 26 heavy (non-hydrogen) atoms. The molecule has 1 aromatic heterocycles. The van der Waals surface area contributed by atoms with Crippen molar-refractivity contribution in [2.75, 3.05) is 17.2 Å². The Morgan fingerprint density at radius 3 is 2.58 bits per heavy atom. The number of pyridine rings is 1. The SMILES string of the molecule is O=C(COc1ccccc1)Nc1ccc(Nc2cc(Cl)ccc2Cl)nc1. The number of hydrogen-bond acceptors (Lipinski definition) is 4. The summed E-state index contributed by atoms with van der Waals surface area (Å²) in [7, 11) is 0. The van der Waals surface area contributed by atoms with Gasteiger partial charge in [0.2, 0.25) is 0 Å². The molecule has 1 heterocycles. The van der Waals surface area contributed by atoms with Crippen LogP contribution in [0, 0.1) is 0 Å². The van der Waals surface area contributed by atoms with Gasteiger partial charge in [-0.2, -0.15) is 0 Å². The van der Waals surface area contributed by atoms with E-state index in [2.05, 4.69) is 15.6 Å². The molecule has 0 aliphatic carbocycles. The van der Waals surface area contributed by atoms with E-state index in [4.69, 9.17) is 27.9 Å². The zero-order valence-electron chi connectivity index (χ0n) is 13.6. The molecule has 0 saturated carbocycles. The Hall–Kier alpha value is -2.76. The maximum atomic E-state index is 11.9. The highest BCUT2D eigenvalue weighted by molar-refractivity contribution is 6.35. The summed E-state index contributed by atoms with van der Waals surface area (Å²) in [5.74, 6) is 0.945. The molecule has 132 valence electrons. The number of rotatable bonds is 6. The molecule has 0 aliphatic rings. The predicted molar refractivity (Wildman–Crippen MR) is 105 cm³/mol. The number of para-hydroxylation sites is 1. The quantitative estimate of drug-likeness (QED) is 0.613. The van der Waals surface area contributed by atoms with Crippen LogP contribution < -0.4 is 15.4 Å². The molecular formula is C19H15Cl2N3O2. The summed E-state index contributed by atoms with van der Waals surface area (Å²) in [5, 5.41) is 6.90. The van der Waals surface area contributed by atoms with Gasteiger partial charge in [0.25, 0.3) is 5.91 Å². The molecule has 0 aliphatic heterocycles. The summed E-state index contributed by atoms with van der Waals surface area (Å²) >= 11 is 12.1. The summed E-state index contributed by atoms with van der Waals surface area (Å²) in [6.07, 6.45) is 1.54. The third-order valence-electron chi connectivity index (χ3n) is 3.35. The summed E-state index contributed by atoms with van der Waals surface area (Å²) in [5.41, 5.74) is 1.22. The highest BCUT2D eigenvalue weighted by Crippen LogP contribution is 2.28. The number of anilines is 3. The number of halogens is 2. The molecule has 0 spiro atoms. The number of nitrogens with zero attached hydrogens (tertiary/aromatic N) is 1. The van der Waals surface area contributed by atoms with Gasteiger partial charge in [-0.3, -0.25) is 4.79 Å². The van der Waals surface area contributed by atoms with E-state index in [-0.39, 0.29) is 12.5 Å². The maximum absolute atomic E-state index is 11.9. The van der Waals surface area contributed by atoms with E-state index in [1.807, 2.05) is 18.2 Å². The average Bonchev–Trinajstić information content (AvgIpc) is 2.65. The van der Waals surface area contributed by atoms with Crippen LogP contribution in [0.1, 0.15) is 0 Å². The zero-order chi connectivity index (χ0) is 18.4. The van der Waals surface area contributed by atoms with Crippen molar-refractivity contribution in [2.45, 2.75) is 0 Å². The first-order valence-corrected chi connectivity index (χ1v) is 8.51. The van der Waals surface area contributed by atoms with E-state index in [1.54, 1.807) is 48.7 Å². The van der Waals surface area contributed by atoms with Gasteiger partial charge in [0.05, 0.1) is 22.6 Å². The molecule has 2 N–H and O–H groups in total. The fourth-order valence-corrected chi connectivity index (χ4v) is 2.47. The first-order valence-electron chi connectivity index (χ1n) is 7.76. The molecule has 3 rings (SSSR count). The maximum Gasteiger partial charge on any atom is 0.262 e. The molecule has 5 nitrogen and oxygen atoms in total. The lowest BCUT2D eigenvalue weighted by atomic mass is 10.3. The molecule has 0 radical (unpaired) electrons. The standard InChI is InChI=1S/C19H15Cl2N3O2/c20-13-6-8-16(21)17(10-13)24-18-9-7-14(11-22-18)23-19(25)12-26-15-4-2-1-3-5-15/h1-11H,12H2,(H,22,24)(H,23,25). The van der Waals surface area contributed by atoms with Crippen molar-refractivity contribution in [3.8, 4) is 5.75 Å². The van der Waals surface area contributed by atoms with Gasteiger partial charge in [-0.05, 0) is 42.5 Å². The third-order valence-corrected chi connectivity index (χ3v) is 3.92. The van der Waals surface area contributed by atoms with E-state index < -0.39 is 0 Å². The van der Waals surface area contributed by atoms with Crippen LogP contribution >= 0.6 is 23.2 Å². The zero-order valence-corrected chi connectivity index (χ0v) is 15.1. The Morgan fingerprint density at radius 1 is 1.04 bits per heavy atom. The number of benzene rings is 2. The van der Waals surface area contributed by atoms with Crippen LogP contribution in [-0.4, -0.2) is 17.5 Å². The number of hydrogen-bond donors (Lipinski definition) is 2. The van der Waals surface area contributed by atoms with Crippen molar-refractivity contribution in [1.82, 2.24) is 4.98 Å². The molecule has 0 unspecified atom stereocenters. The molecule has 0 fully saturated rings. The van der Waals surface area contributed by atoms with Crippen LogP contribution in [-0.2, 0) is 4.79 Å². The van der Waals surface area contributed by atoms with Gasteiger partial charge in [0.15, 0.2) is 6.61 Å². The lowest BCUT2D eigenvalue weighted by Crippen LogP contribution is -2.20. The summed E-state index contributed by atoms with van der Waals surface area (Å²) < 4.78 is 5.40. The molecule has 0 atom stereocenters. The van der Waals surface area contributed by atoms with Gasteiger partial charge >= 0.3 is 0 Å². The topological polar surface area (TPSA) is 63.2 Å². The van der Waals surface area contributed by atoms with Crippen molar-refractivity contribution in [3.05, 3.63) is 76.9 Å². The number of ether oxygens (including phenoxy) is 1. The fourth-order valence-electron chi connectivity index (χ4n) is 2.14. The van der Waals surface area contributed by atoms with Crippen LogP contribution in [0.15, 0.2) is 66.9 Å². The van der Waals surface area contributed by atoms with Crippen molar-refractivity contribution in [2.24, 2.45) is 0 Å². The number of nitrogens with one attached hydrogen (secondary N) is 2. The van der Waals surface area contributed by atoms with E-state index in [0.717, 1.165) is 0 Å². The van der Waals surface area contributed by atoms with Crippen molar-refractivity contribution in [3.63, 3.8) is 0 Å². The molecule has 3 aromatic rings. The Bertz CT molecular complexity index is 887. The van der Waals surface area contributed by atoms with Gasteiger partial charge < -0.3 is 15.4 Å². The van der Waals surface area contributed by atoms with E-state index in [9.17, 15) is 4.79 Å². The Morgan fingerprint density at radius 2 is 1.85 bits per heavy atom. The normalized spacial score (nSPS) is 10.2. The number of aromatic nitrogens is 1. The molecule has 2 aromatic carbocycles. The predicted octanol–water partition coefficient (Wildman–Crippen LogP) is 5.15. The number of carbonyl (C=O) groups excluding carboxylic acids is 1. The monoisotopic (exact) mass is 387 g/mol. The van der Waals surface area contributed by atoms with Crippen LogP contribution in [0.5, 0.6) is 5.75 Å². The highest BCUT2D eigenvalue weighted by Gasteiger charge is 2.06. The summed E-state index contributed by atoms with van der Waals surface area (Å²) in [6.45, 7) is -0.0812. The lowest BCUT2D eigenvalue weighted by molar-refractivity contribution is -0.118. The van der Waals surface area contributed by atoms with Crippen LogP contribution in [0.3, 0.4) is 0 Å². The minimum absolute atomic E-state index is 0.0812. The molecule has 7 heteroatoms. The van der Waals surface area contributed by atoms with Crippen molar-refractivity contribution < 1.29 is 9.53 Å². The smallest absolute Gasteiger partial charge is 0.262 e. The Labute approximate surface area is 160 Å². The van der Waals surface area contributed by atoms with Gasteiger partial charge in [-0.25, -0.2) is 4.98 Å². The number of carbonyl (C=O) groups is 1. The van der Waals surface area contributed by atoms with Gasteiger partial charge in [0.1, 0.15) is 11.6 Å².